The fraction of sp³-hybridized carbons (Fsp3) is 0.167. The minimum atomic E-state index is -1.13. The van der Waals surface area contributed by atoms with Crippen LogP contribution in [0.4, 0.5) is 4.79 Å². The minimum Gasteiger partial charge on any atom is -0.497 e. The molecule has 0 aromatic heterocycles. The standard InChI is InChI=1S/C24H22N2O3/c1-29-21-14-8-11-19(15-21)17-26-22(27)24(25-23(26)28,20-12-6-3-7-13-20)16-18-9-4-2-5-10-18/h2-15H,16-17H2,1H3,(H,25,28)/t24-/m0/s1. The van der Waals surface area contributed by atoms with Crippen molar-refractivity contribution in [1.82, 2.24) is 10.2 Å². The Morgan fingerprint density at radius 1 is 0.862 bits per heavy atom. The maximum absolute atomic E-state index is 13.6. The van der Waals surface area contributed by atoms with Gasteiger partial charge in [-0.1, -0.05) is 72.8 Å². The molecule has 3 amide bonds. The zero-order valence-corrected chi connectivity index (χ0v) is 16.2. The van der Waals surface area contributed by atoms with Crippen molar-refractivity contribution in [2.45, 2.75) is 18.5 Å². The fourth-order valence-electron chi connectivity index (χ4n) is 3.77. The van der Waals surface area contributed by atoms with Gasteiger partial charge in [-0.3, -0.25) is 9.69 Å². The lowest BCUT2D eigenvalue weighted by Gasteiger charge is -2.27. The van der Waals surface area contributed by atoms with Gasteiger partial charge in [-0.05, 0) is 28.8 Å². The largest absolute Gasteiger partial charge is 0.497 e. The van der Waals surface area contributed by atoms with Gasteiger partial charge in [0.05, 0.1) is 13.7 Å². The molecule has 0 spiro atoms. The highest BCUT2D eigenvalue weighted by Crippen LogP contribution is 2.34. The molecule has 5 nitrogen and oxygen atoms in total. The molecule has 3 aromatic rings. The van der Waals surface area contributed by atoms with Crippen LogP contribution in [0.25, 0.3) is 0 Å². The van der Waals surface area contributed by atoms with Crippen LogP contribution in [0.5, 0.6) is 5.75 Å². The Hall–Kier alpha value is -3.60. The Labute approximate surface area is 169 Å². The molecule has 1 fully saturated rings. The number of hydrogen-bond donors (Lipinski definition) is 1. The predicted molar refractivity (Wildman–Crippen MR) is 110 cm³/mol. The molecule has 1 N–H and O–H groups in total. The number of carbonyl (C=O) groups excluding carboxylic acids is 2. The number of hydrogen-bond acceptors (Lipinski definition) is 3. The van der Waals surface area contributed by atoms with Crippen LogP contribution >= 0.6 is 0 Å². The van der Waals surface area contributed by atoms with Crippen molar-refractivity contribution < 1.29 is 14.3 Å². The minimum absolute atomic E-state index is 0.186. The topological polar surface area (TPSA) is 58.6 Å². The van der Waals surface area contributed by atoms with Gasteiger partial charge < -0.3 is 10.1 Å². The van der Waals surface area contributed by atoms with Crippen molar-refractivity contribution in [3.8, 4) is 5.75 Å². The Balaban J connectivity index is 1.70. The highest BCUT2D eigenvalue weighted by atomic mass is 16.5. The van der Waals surface area contributed by atoms with Crippen molar-refractivity contribution >= 4 is 11.9 Å². The number of nitrogens with zero attached hydrogens (tertiary/aromatic N) is 1. The quantitative estimate of drug-likeness (QED) is 0.654. The van der Waals surface area contributed by atoms with Gasteiger partial charge in [0.2, 0.25) is 0 Å². The first-order chi connectivity index (χ1) is 14.1. The Morgan fingerprint density at radius 3 is 2.21 bits per heavy atom. The zero-order valence-electron chi connectivity index (χ0n) is 16.2. The first-order valence-corrected chi connectivity index (χ1v) is 9.49. The normalized spacial score (nSPS) is 18.6. The van der Waals surface area contributed by atoms with Crippen LogP contribution in [-0.4, -0.2) is 23.9 Å². The van der Waals surface area contributed by atoms with E-state index in [2.05, 4.69) is 5.32 Å². The van der Waals surface area contributed by atoms with Crippen LogP contribution in [0.15, 0.2) is 84.9 Å². The van der Waals surface area contributed by atoms with Gasteiger partial charge in [-0.15, -0.1) is 0 Å². The number of ether oxygens (including phenoxy) is 1. The number of methoxy groups -OCH3 is 1. The van der Waals surface area contributed by atoms with Crippen molar-refractivity contribution in [1.29, 1.82) is 0 Å². The van der Waals surface area contributed by atoms with Crippen molar-refractivity contribution in [2.75, 3.05) is 7.11 Å². The van der Waals surface area contributed by atoms with Crippen molar-refractivity contribution in [2.24, 2.45) is 0 Å². The lowest BCUT2D eigenvalue weighted by molar-refractivity contribution is -0.132. The van der Waals surface area contributed by atoms with E-state index >= 15 is 0 Å². The van der Waals surface area contributed by atoms with E-state index < -0.39 is 11.6 Å². The molecule has 1 saturated heterocycles. The number of benzene rings is 3. The molecule has 1 aliphatic heterocycles. The van der Waals surface area contributed by atoms with Gasteiger partial charge in [-0.2, -0.15) is 0 Å². The summed E-state index contributed by atoms with van der Waals surface area (Å²) < 4.78 is 5.26. The number of amides is 3. The summed E-state index contributed by atoms with van der Waals surface area (Å²) in [5.74, 6) is 0.438. The Morgan fingerprint density at radius 2 is 1.52 bits per heavy atom. The maximum atomic E-state index is 13.6. The summed E-state index contributed by atoms with van der Waals surface area (Å²) in [4.78, 5) is 27.8. The number of imide groups is 1. The van der Waals surface area contributed by atoms with E-state index in [9.17, 15) is 9.59 Å². The van der Waals surface area contributed by atoms with Crippen LogP contribution in [0.1, 0.15) is 16.7 Å². The van der Waals surface area contributed by atoms with Crippen LogP contribution < -0.4 is 10.1 Å². The molecule has 29 heavy (non-hydrogen) atoms. The molecule has 4 rings (SSSR count). The molecule has 0 radical (unpaired) electrons. The summed E-state index contributed by atoms with van der Waals surface area (Å²) >= 11 is 0. The van der Waals surface area contributed by atoms with E-state index in [1.165, 1.54) is 4.90 Å². The lowest BCUT2D eigenvalue weighted by atomic mass is 9.83. The monoisotopic (exact) mass is 386 g/mol. The van der Waals surface area contributed by atoms with Crippen LogP contribution in [0, 0.1) is 0 Å². The Kier molecular flexibility index (Phi) is 5.04. The van der Waals surface area contributed by atoms with E-state index in [0.29, 0.717) is 12.2 Å². The zero-order chi connectivity index (χ0) is 20.3. The third-order valence-electron chi connectivity index (χ3n) is 5.23. The van der Waals surface area contributed by atoms with Gasteiger partial charge in [0.1, 0.15) is 5.75 Å². The number of rotatable bonds is 6. The number of nitrogens with one attached hydrogen (secondary N) is 1. The second-order valence-corrected chi connectivity index (χ2v) is 7.11. The van der Waals surface area contributed by atoms with Crippen molar-refractivity contribution in [3.05, 3.63) is 102 Å². The summed E-state index contributed by atoms with van der Waals surface area (Å²) in [6.45, 7) is 0.186. The van der Waals surface area contributed by atoms with Gasteiger partial charge in [0.25, 0.3) is 5.91 Å². The molecule has 1 heterocycles. The molecule has 1 aliphatic rings. The lowest BCUT2D eigenvalue weighted by Crippen LogP contribution is -2.46. The van der Waals surface area contributed by atoms with Gasteiger partial charge in [0, 0.05) is 6.42 Å². The second-order valence-electron chi connectivity index (χ2n) is 7.11. The van der Waals surface area contributed by atoms with Gasteiger partial charge >= 0.3 is 6.03 Å². The summed E-state index contributed by atoms with van der Waals surface area (Å²) in [6.07, 6.45) is 0.386. The molecular formula is C24H22N2O3. The fourth-order valence-corrected chi connectivity index (χ4v) is 3.77. The maximum Gasteiger partial charge on any atom is 0.325 e. The molecular weight excluding hydrogens is 364 g/mol. The molecule has 1 atom stereocenters. The highest BCUT2D eigenvalue weighted by Gasteiger charge is 2.52. The average Bonchev–Trinajstić information content (AvgIpc) is 3.00. The summed E-state index contributed by atoms with van der Waals surface area (Å²) in [7, 11) is 1.59. The summed E-state index contributed by atoms with van der Waals surface area (Å²) in [5, 5.41) is 2.99. The second kappa shape index (κ2) is 7.80. The molecule has 5 heteroatoms. The SMILES string of the molecule is COc1cccc(CN2C(=O)N[C@@](Cc3ccccc3)(c3ccccc3)C2=O)c1. The molecule has 3 aromatic carbocycles. The smallest absolute Gasteiger partial charge is 0.325 e. The molecule has 0 aliphatic carbocycles. The third-order valence-corrected chi connectivity index (χ3v) is 5.23. The van der Waals surface area contributed by atoms with Crippen LogP contribution in [0.3, 0.4) is 0 Å². The first kappa shape index (κ1) is 18.7. The third kappa shape index (κ3) is 3.59. The van der Waals surface area contributed by atoms with Gasteiger partial charge in [-0.25, -0.2) is 4.79 Å². The molecule has 0 bridgehead atoms. The summed E-state index contributed by atoms with van der Waals surface area (Å²) in [5.41, 5.74) is 1.46. The van der Waals surface area contributed by atoms with E-state index in [1.807, 2.05) is 84.9 Å². The highest BCUT2D eigenvalue weighted by molar-refractivity contribution is 6.07. The molecule has 0 saturated carbocycles. The molecule has 146 valence electrons. The Bertz CT molecular complexity index is 1020. The summed E-state index contributed by atoms with van der Waals surface area (Å²) in [6, 6.07) is 26.2. The predicted octanol–water partition coefficient (Wildman–Crippen LogP) is 3.89. The number of urea groups is 1. The van der Waals surface area contributed by atoms with Gasteiger partial charge in [0.15, 0.2) is 5.54 Å². The van der Waals surface area contributed by atoms with Crippen molar-refractivity contribution in [3.63, 3.8) is 0 Å². The van der Waals surface area contributed by atoms with Crippen LogP contribution in [0.2, 0.25) is 0 Å². The van der Waals surface area contributed by atoms with Crippen LogP contribution in [-0.2, 0) is 23.3 Å². The van der Waals surface area contributed by atoms with E-state index in [1.54, 1.807) is 7.11 Å². The van der Waals surface area contributed by atoms with E-state index in [0.717, 1.165) is 16.7 Å². The number of carbonyl (C=O) groups is 2. The average molecular weight is 386 g/mol. The first-order valence-electron chi connectivity index (χ1n) is 9.49. The molecule has 0 unspecified atom stereocenters. The van der Waals surface area contributed by atoms with E-state index in [-0.39, 0.29) is 12.5 Å². The van der Waals surface area contributed by atoms with E-state index in [4.69, 9.17) is 4.74 Å².